The third kappa shape index (κ3) is 12.5. The number of nitrogens with zero attached hydrogens (tertiary/aromatic N) is 3. The second-order valence-electron chi connectivity index (χ2n) is 32.1. The van der Waals surface area contributed by atoms with Crippen LogP contribution < -0.4 is 31.1 Å². The predicted octanol–water partition coefficient (Wildman–Crippen LogP) is 30.5. The van der Waals surface area contributed by atoms with E-state index in [1.54, 1.807) is 0 Å². The van der Waals surface area contributed by atoms with Gasteiger partial charge in [-0.05, 0) is 244 Å². The van der Waals surface area contributed by atoms with E-state index in [1.165, 1.54) is 126 Å². The Morgan fingerprint density at radius 3 is 0.754 bits per heavy atom. The van der Waals surface area contributed by atoms with Gasteiger partial charge in [0, 0.05) is 45.5 Å². The Balaban J connectivity index is 0.802. The molecule has 0 N–H and O–H groups in total. The van der Waals surface area contributed by atoms with Gasteiger partial charge < -0.3 is 14.7 Å². The molecule has 0 atom stereocenters. The van der Waals surface area contributed by atoms with Gasteiger partial charge in [0.1, 0.15) is 0 Å². The van der Waals surface area contributed by atoms with Crippen molar-refractivity contribution in [3.05, 3.63) is 473 Å². The van der Waals surface area contributed by atoms with Gasteiger partial charge in [0.05, 0.1) is 5.69 Å². The fourth-order valence-corrected chi connectivity index (χ4v) is 19.6. The summed E-state index contributed by atoms with van der Waals surface area (Å²) >= 11 is 0. The van der Waals surface area contributed by atoms with E-state index in [2.05, 4.69) is 488 Å². The van der Waals surface area contributed by atoms with Gasteiger partial charge in [0.15, 0.2) is 0 Å². The van der Waals surface area contributed by atoms with Crippen molar-refractivity contribution in [1.82, 2.24) is 0 Å². The van der Waals surface area contributed by atoms with Crippen molar-refractivity contribution in [2.75, 3.05) is 14.7 Å². The van der Waals surface area contributed by atoms with Gasteiger partial charge in [-0.1, -0.05) is 400 Å². The average Bonchev–Trinajstić information content (AvgIpc) is 0.690. The van der Waals surface area contributed by atoms with E-state index in [0.717, 1.165) is 95.7 Å². The first-order chi connectivity index (χ1) is 60.5. The van der Waals surface area contributed by atoms with E-state index in [-0.39, 0.29) is 6.71 Å². The maximum Gasteiger partial charge on any atom is 0.252 e. The molecule has 21 aromatic carbocycles. The molecule has 0 spiro atoms. The lowest BCUT2D eigenvalue weighted by Gasteiger charge is -2.45. The molecule has 4 heteroatoms. The molecule has 0 fully saturated rings. The fraction of sp³-hybridized carbons (Fsp3) is 0. The summed E-state index contributed by atoms with van der Waals surface area (Å²) in [6.07, 6.45) is 0. The van der Waals surface area contributed by atoms with Crippen LogP contribution in [-0.4, -0.2) is 6.71 Å². The molecule has 0 radical (unpaired) electrons. The van der Waals surface area contributed by atoms with E-state index in [9.17, 15) is 0 Å². The number of rotatable bonds is 15. The summed E-state index contributed by atoms with van der Waals surface area (Å²) in [5, 5.41) is 9.75. The highest BCUT2D eigenvalue weighted by Crippen LogP contribution is 2.52. The van der Waals surface area contributed by atoms with Crippen molar-refractivity contribution in [3.8, 4) is 111 Å². The lowest BCUT2D eigenvalue weighted by Crippen LogP contribution is -2.61. The number of fused-ring (bicyclic) bond motifs is 8. The Bertz CT molecular complexity index is 7160. The highest BCUT2D eigenvalue weighted by Gasteiger charge is 2.45. The van der Waals surface area contributed by atoms with Crippen molar-refractivity contribution in [1.29, 1.82) is 0 Å². The summed E-state index contributed by atoms with van der Waals surface area (Å²) in [6, 6.07) is 176. The zero-order valence-electron chi connectivity index (χ0n) is 67.0. The summed E-state index contributed by atoms with van der Waals surface area (Å²) in [5.41, 5.74) is 36.5. The number of benzene rings is 21. The van der Waals surface area contributed by atoms with Crippen LogP contribution in [0.1, 0.15) is 0 Å². The quantitative estimate of drug-likeness (QED) is 0.0947. The van der Waals surface area contributed by atoms with Gasteiger partial charge in [0.2, 0.25) is 0 Å². The SMILES string of the molecule is c1ccc(-c2ccc(N(c3ccc(-c4ccccc4)cc3)c3cc4c5c(c3)N(c3ccc(-c6ccccc6-c6cccc7ccccc67)cc3)c3ccc(-c6ccccc6-c6cccc7ccccc67)cc3B5c3cc(-c5ccccc5-c5cccc6ccccc56)ccc3N4c3ccc(-c4ccccc4-c4cccc5ccccc45)cc3)cc2)cc1. The van der Waals surface area contributed by atoms with Crippen LogP contribution in [0.2, 0.25) is 0 Å². The molecular formula is C118H78BN3. The van der Waals surface area contributed by atoms with E-state index < -0.39 is 0 Å². The van der Waals surface area contributed by atoms with Gasteiger partial charge in [-0.15, -0.1) is 0 Å². The highest BCUT2D eigenvalue weighted by atomic mass is 15.2. The number of anilines is 9. The minimum atomic E-state index is -0.316. The molecule has 3 nitrogen and oxygen atoms in total. The van der Waals surface area contributed by atoms with E-state index >= 15 is 0 Å². The first-order valence-corrected chi connectivity index (χ1v) is 42.2. The Labute approximate surface area is 711 Å². The van der Waals surface area contributed by atoms with E-state index in [4.69, 9.17) is 0 Å². The van der Waals surface area contributed by atoms with Crippen LogP contribution in [0.3, 0.4) is 0 Å². The standard InChI is InChI=1S/C118H78BN3/c1-3-27-79(28-4-1)81-55-65-91(66-56-81)120(92-67-57-82(58-68-92)80-29-5-2-6-30-80)95-77-116-118-117(78-95)122(94-71-61-88(62-72-94)101-44-16-20-48-105(101)109-52-24-36-84-32-8-12-40-97(84)109)115-74-64-90(103-46-18-22-50-107(103)111-54-26-38-86-34-10-14-42-99(86)111)76-113(115)119(118)112-75-89(102-45-17-21-49-106(102)110-53-25-37-85-33-9-13-41-98(85)110)63-73-114(112)121(116)93-69-59-87(60-70-93)100-43-15-19-47-104(100)108-51-23-35-83-31-7-11-39-96(83)108/h1-78H. The van der Waals surface area contributed by atoms with Crippen molar-refractivity contribution in [3.63, 3.8) is 0 Å². The van der Waals surface area contributed by atoms with Gasteiger partial charge in [0.25, 0.3) is 6.71 Å². The maximum absolute atomic E-state index is 2.60. The van der Waals surface area contributed by atoms with Gasteiger partial charge in [-0.3, -0.25) is 0 Å². The Morgan fingerprint density at radius 1 is 0.164 bits per heavy atom. The number of hydrogen-bond donors (Lipinski definition) is 0. The summed E-state index contributed by atoms with van der Waals surface area (Å²) < 4.78 is 0. The van der Waals surface area contributed by atoms with Crippen LogP contribution in [0, 0.1) is 0 Å². The molecule has 2 aliphatic rings. The molecule has 0 aromatic heterocycles. The molecule has 0 saturated heterocycles. The van der Waals surface area contributed by atoms with Gasteiger partial charge in [-0.2, -0.15) is 0 Å². The van der Waals surface area contributed by atoms with Gasteiger partial charge in [-0.25, -0.2) is 0 Å². The van der Waals surface area contributed by atoms with Crippen molar-refractivity contribution in [2.45, 2.75) is 0 Å². The van der Waals surface area contributed by atoms with Crippen LogP contribution in [0.15, 0.2) is 473 Å². The molecular weight excluding hydrogens is 1470 g/mol. The molecule has 0 bridgehead atoms. The Morgan fingerprint density at radius 2 is 0.418 bits per heavy atom. The largest absolute Gasteiger partial charge is 0.311 e. The minimum absolute atomic E-state index is 0.316. The summed E-state index contributed by atoms with van der Waals surface area (Å²) in [6.45, 7) is -0.316. The molecule has 0 saturated carbocycles. The maximum atomic E-state index is 2.60. The molecule has 568 valence electrons. The molecule has 0 aliphatic carbocycles. The summed E-state index contributed by atoms with van der Waals surface area (Å²) in [7, 11) is 0. The molecule has 21 aromatic rings. The zero-order valence-corrected chi connectivity index (χ0v) is 67.0. The third-order valence-electron chi connectivity index (χ3n) is 25.3. The third-order valence-corrected chi connectivity index (χ3v) is 25.3. The smallest absolute Gasteiger partial charge is 0.252 e. The van der Waals surface area contributed by atoms with Crippen molar-refractivity contribution < 1.29 is 0 Å². The topological polar surface area (TPSA) is 9.72 Å². The normalized spacial score (nSPS) is 12.0. The molecule has 0 amide bonds. The molecule has 23 rings (SSSR count). The second kappa shape index (κ2) is 30.2. The Kier molecular flexibility index (Phi) is 17.7. The minimum Gasteiger partial charge on any atom is -0.311 e. The molecule has 2 heterocycles. The molecule has 122 heavy (non-hydrogen) atoms. The fourth-order valence-electron chi connectivity index (χ4n) is 19.6. The highest BCUT2D eigenvalue weighted by molar-refractivity contribution is 7.00. The summed E-state index contributed by atoms with van der Waals surface area (Å²) in [5.74, 6) is 0. The van der Waals surface area contributed by atoms with Crippen LogP contribution >= 0.6 is 0 Å². The lowest BCUT2D eigenvalue weighted by molar-refractivity contribution is 1.23. The lowest BCUT2D eigenvalue weighted by atomic mass is 9.33. The molecule has 0 unspecified atom stereocenters. The van der Waals surface area contributed by atoms with Crippen molar-refractivity contribution in [2.24, 2.45) is 0 Å². The second-order valence-corrected chi connectivity index (χ2v) is 32.1. The van der Waals surface area contributed by atoms with Crippen LogP contribution in [-0.2, 0) is 0 Å². The molecule has 2 aliphatic heterocycles. The van der Waals surface area contributed by atoms with Gasteiger partial charge >= 0.3 is 0 Å². The van der Waals surface area contributed by atoms with Crippen LogP contribution in [0.4, 0.5) is 51.2 Å². The average molecular weight is 1550 g/mol. The van der Waals surface area contributed by atoms with Crippen LogP contribution in [0.5, 0.6) is 0 Å². The van der Waals surface area contributed by atoms with Crippen molar-refractivity contribution >= 4 is 117 Å². The van der Waals surface area contributed by atoms with Crippen LogP contribution in [0.25, 0.3) is 154 Å². The van der Waals surface area contributed by atoms with E-state index in [0.29, 0.717) is 0 Å². The number of hydrogen-bond acceptors (Lipinski definition) is 3. The Hall–Kier alpha value is -15.9. The van der Waals surface area contributed by atoms with E-state index in [1.807, 2.05) is 0 Å². The summed E-state index contributed by atoms with van der Waals surface area (Å²) in [4.78, 5) is 7.68. The predicted molar refractivity (Wildman–Crippen MR) is 520 cm³/mol. The first kappa shape index (κ1) is 71.4. The monoisotopic (exact) mass is 1550 g/mol. The first-order valence-electron chi connectivity index (χ1n) is 42.2. The zero-order chi connectivity index (χ0) is 80.6.